The fraction of sp³-hybridized carbons (Fsp3) is 0.667. The Bertz CT molecular complexity index is 713. The fourth-order valence-electron chi connectivity index (χ4n) is 4.60. The number of hydrogen-bond donors (Lipinski definition) is 2. The van der Waals surface area contributed by atoms with Crippen LogP contribution in [0.25, 0.3) is 0 Å². The minimum atomic E-state index is -4.47. The predicted octanol–water partition coefficient (Wildman–Crippen LogP) is 2.13. The Morgan fingerprint density at radius 3 is 2.81 bits per heavy atom. The maximum Gasteiger partial charge on any atom is 0.433 e. The molecule has 4 rings (SSSR count). The number of anilines is 1. The highest BCUT2D eigenvalue weighted by Gasteiger charge is 2.44. The number of carbonyl (C=O) groups excluding carboxylic acids is 1. The molecule has 5 atom stereocenters. The first kappa shape index (κ1) is 18.5. The molecule has 3 aliphatic rings. The van der Waals surface area contributed by atoms with Crippen molar-refractivity contribution in [1.29, 1.82) is 0 Å². The van der Waals surface area contributed by atoms with Gasteiger partial charge >= 0.3 is 6.18 Å². The van der Waals surface area contributed by atoms with Crippen molar-refractivity contribution in [2.75, 3.05) is 24.5 Å². The number of rotatable bonds is 3. The molecule has 0 bridgehead atoms. The Balaban J connectivity index is 1.40. The first-order valence-corrected chi connectivity index (χ1v) is 9.27. The molecule has 2 aliphatic heterocycles. The van der Waals surface area contributed by atoms with Crippen LogP contribution in [-0.4, -0.2) is 48.8 Å². The first-order chi connectivity index (χ1) is 12.8. The number of fused-ring (bicyclic) bond motifs is 1. The van der Waals surface area contributed by atoms with E-state index in [2.05, 4.69) is 15.6 Å². The topological polar surface area (TPSA) is 57.3 Å². The van der Waals surface area contributed by atoms with Gasteiger partial charge in [-0.3, -0.25) is 9.78 Å². The van der Waals surface area contributed by atoms with Crippen molar-refractivity contribution in [2.45, 2.75) is 43.7 Å². The van der Waals surface area contributed by atoms with E-state index in [1.54, 1.807) is 6.07 Å². The van der Waals surface area contributed by atoms with Crippen molar-refractivity contribution in [3.8, 4) is 0 Å². The molecule has 27 heavy (non-hydrogen) atoms. The molecule has 3 heterocycles. The summed E-state index contributed by atoms with van der Waals surface area (Å²) in [5, 5.41) is 5.92. The molecular formula is C18H22F4N4O. The van der Waals surface area contributed by atoms with Gasteiger partial charge in [-0.15, -0.1) is 0 Å². The standard InChI is InChI=1S/C18H22F4N4O/c19-11-5-15(24-7-11)17(27)25-14-2-1-10-8-26(9-13(10)14)12-3-4-23-16(6-12)18(20,21)22/h3-4,6,10-11,13-15,24H,1-2,5,7-9H2,(H,25,27)/t10-,11-,13+,14+,15+/m1/s1. The Morgan fingerprint density at radius 2 is 2.11 bits per heavy atom. The Kier molecular flexibility index (Phi) is 4.73. The van der Waals surface area contributed by atoms with Crippen molar-refractivity contribution < 1.29 is 22.4 Å². The summed E-state index contributed by atoms with van der Waals surface area (Å²) >= 11 is 0. The quantitative estimate of drug-likeness (QED) is 0.782. The van der Waals surface area contributed by atoms with Crippen LogP contribution in [0.1, 0.15) is 25.0 Å². The van der Waals surface area contributed by atoms with Gasteiger partial charge in [0.25, 0.3) is 0 Å². The minimum absolute atomic E-state index is 0.0168. The summed E-state index contributed by atoms with van der Waals surface area (Å²) < 4.78 is 52.0. The van der Waals surface area contributed by atoms with Crippen LogP contribution in [0.4, 0.5) is 23.2 Å². The van der Waals surface area contributed by atoms with Crippen LogP contribution in [0.2, 0.25) is 0 Å². The molecule has 1 amide bonds. The molecule has 1 aromatic rings. The zero-order valence-electron chi connectivity index (χ0n) is 14.7. The third kappa shape index (κ3) is 3.74. The van der Waals surface area contributed by atoms with Crippen molar-refractivity contribution in [2.24, 2.45) is 11.8 Å². The monoisotopic (exact) mass is 386 g/mol. The van der Waals surface area contributed by atoms with E-state index in [0.717, 1.165) is 18.9 Å². The molecule has 0 aromatic carbocycles. The molecule has 2 saturated heterocycles. The second-order valence-corrected chi connectivity index (χ2v) is 7.71. The molecule has 2 N–H and O–H groups in total. The lowest BCUT2D eigenvalue weighted by Gasteiger charge is -2.24. The molecule has 0 unspecified atom stereocenters. The number of amides is 1. The Hall–Kier alpha value is -1.90. The summed E-state index contributed by atoms with van der Waals surface area (Å²) in [6, 6.07) is 2.16. The fourth-order valence-corrected chi connectivity index (χ4v) is 4.60. The van der Waals surface area contributed by atoms with E-state index in [0.29, 0.717) is 24.7 Å². The lowest BCUT2D eigenvalue weighted by Crippen LogP contribution is -2.47. The molecule has 1 aliphatic carbocycles. The van der Waals surface area contributed by atoms with E-state index in [-0.39, 0.29) is 30.8 Å². The third-order valence-electron chi connectivity index (χ3n) is 5.98. The summed E-state index contributed by atoms with van der Waals surface area (Å²) in [7, 11) is 0. The van der Waals surface area contributed by atoms with Gasteiger partial charge in [-0.1, -0.05) is 0 Å². The van der Waals surface area contributed by atoms with Crippen LogP contribution in [-0.2, 0) is 11.0 Å². The lowest BCUT2D eigenvalue weighted by molar-refractivity contribution is -0.141. The van der Waals surface area contributed by atoms with Gasteiger partial charge in [0.05, 0.1) is 6.04 Å². The van der Waals surface area contributed by atoms with E-state index in [1.165, 1.54) is 6.20 Å². The number of nitrogens with zero attached hydrogens (tertiary/aromatic N) is 2. The van der Waals surface area contributed by atoms with Crippen molar-refractivity contribution >= 4 is 11.6 Å². The average molecular weight is 386 g/mol. The van der Waals surface area contributed by atoms with Gasteiger partial charge in [-0.05, 0) is 30.9 Å². The van der Waals surface area contributed by atoms with E-state index >= 15 is 0 Å². The van der Waals surface area contributed by atoms with Gasteiger partial charge in [-0.2, -0.15) is 13.2 Å². The number of hydrogen-bond acceptors (Lipinski definition) is 4. The highest BCUT2D eigenvalue weighted by molar-refractivity contribution is 5.82. The van der Waals surface area contributed by atoms with E-state index < -0.39 is 24.1 Å². The molecule has 148 valence electrons. The molecule has 9 heteroatoms. The smallest absolute Gasteiger partial charge is 0.371 e. The van der Waals surface area contributed by atoms with Crippen molar-refractivity contribution in [3.05, 3.63) is 24.0 Å². The van der Waals surface area contributed by atoms with Crippen LogP contribution >= 0.6 is 0 Å². The Morgan fingerprint density at radius 1 is 1.30 bits per heavy atom. The highest BCUT2D eigenvalue weighted by Crippen LogP contribution is 2.40. The van der Waals surface area contributed by atoms with Gasteiger partial charge in [0, 0.05) is 49.9 Å². The predicted molar refractivity (Wildman–Crippen MR) is 90.9 cm³/mol. The van der Waals surface area contributed by atoms with Gasteiger partial charge < -0.3 is 15.5 Å². The minimum Gasteiger partial charge on any atom is -0.371 e. The number of carbonyl (C=O) groups is 1. The van der Waals surface area contributed by atoms with Crippen LogP contribution in [0, 0.1) is 11.8 Å². The van der Waals surface area contributed by atoms with Gasteiger partial charge in [0.2, 0.25) is 5.91 Å². The second kappa shape index (κ2) is 6.92. The number of halogens is 4. The van der Waals surface area contributed by atoms with E-state index in [1.807, 2.05) is 4.90 Å². The van der Waals surface area contributed by atoms with Crippen molar-refractivity contribution in [1.82, 2.24) is 15.6 Å². The number of nitrogens with one attached hydrogen (secondary N) is 2. The van der Waals surface area contributed by atoms with Crippen LogP contribution in [0.5, 0.6) is 0 Å². The molecule has 0 radical (unpaired) electrons. The summed E-state index contributed by atoms with van der Waals surface area (Å²) in [5.74, 6) is 0.352. The summed E-state index contributed by atoms with van der Waals surface area (Å²) in [6.45, 7) is 1.47. The summed E-state index contributed by atoms with van der Waals surface area (Å²) in [6.07, 6.45) is -2.31. The first-order valence-electron chi connectivity index (χ1n) is 9.27. The molecular weight excluding hydrogens is 364 g/mol. The normalized spacial score (nSPS) is 33.3. The molecule has 1 saturated carbocycles. The summed E-state index contributed by atoms with van der Waals surface area (Å²) in [4.78, 5) is 17.7. The lowest BCUT2D eigenvalue weighted by atomic mass is 9.97. The van der Waals surface area contributed by atoms with Gasteiger partial charge in [0.1, 0.15) is 11.9 Å². The van der Waals surface area contributed by atoms with Gasteiger partial charge in [0.15, 0.2) is 0 Å². The molecule has 1 aromatic heterocycles. The maximum atomic E-state index is 13.3. The SMILES string of the molecule is O=C(N[C@H]1CC[C@@H]2CN(c3ccnc(C(F)(F)F)c3)C[C@@H]21)[C@@H]1C[C@@H](F)CN1. The highest BCUT2D eigenvalue weighted by atomic mass is 19.4. The summed E-state index contributed by atoms with van der Waals surface area (Å²) in [5.41, 5.74) is -0.385. The van der Waals surface area contributed by atoms with Crippen molar-refractivity contribution in [3.63, 3.8) is 0 Å². The van der Waals surface area contributed by atoms with Crippen LogP contribution in [0.15, 0.2) is 18.3 Å². The average Bonchev–Trinajstić information content (AvgIpc) is 3.31. The third-order valence-corrected chi connectivity index (χ3v) is 5.98. The largest absolute Gasteiger partial charge is 0.433 e. The number of alkyl halides is 4. The van der Waals surface area contributed by atoms with Crippen LogP contribution in [0.3, 0.4) is 0 Å². The Labute approximate surface area is 154 Å². The zero-order chi connectivity index (χ0) is 19.2. The molecule has 5 nitrogen and oxygen atoms in total. The number of aromatic nitrogens is 1. The van der Waals surface area contributed by atoms with Gasteiger partial charge in [-0.25, -0.2) is 4.39 Å². The van der Waals surface area contributed by atoms with E-state index in [9.17, 15) is 22.4 Å². The second-order valence-electron chi connectivity index (χ2n) is 7.71. The van der Waals surface area contributed by atoms with E-state index in [4.69, 9.17) is 0 Å². The number of pyridine rings is 1. The molecule has 0 spiro atoms. The van der Waals surface area contributed by atoms with Crippen LogP contribution < -0.4 is 15.5 Å². The molecule has 3 fully saturated rings. The zero-order valence-corrected chi connectivity index (χ0v) is 14.7. The maximum absolute atomic E-state index is 13.3.